The molecule has 2 bridgehead atoms. The summed E-state index contributed by atoms with van der Waals surface area (Å²) in [6, 6.07) is 6.94. The number of likely N-dealkylation sites (N-methyl/N-ethyl adjacent to an activating group) is 1. The molecule has 4 fully saturated rings. The van der Waals surface area contributed by atoms with Crippen molar-refractivity contribution >= 4 is 29.5 Å². The first-order valence-electron chi connectivity index (χ1n) is 22.2. The smallest absolute Gasteiger partial charge is 0.408 e. The highest BCUT2D eigenvalue weighted by Crippen LogP contribution is 2.44. The Morgan fingerprint density at radius 3 is 2.51 bits per heavy atom. The van der Waals surface area contributed by atoms with Crippen LogP contribution in [0, 0.1) is 23.7 Å². The normalized spacial score (nSPS) is 37.5. The molecule has 63 heavy (non-hydrogen) atoms. The second-order valence-corrected chi connectivity index (χ2v) is 19.4. The number of alkyl carbamates (subject to hydrolysis) is 2. The maximum Gasteiger partial charge on any atom is 0.408 e. The van der Waals surface area contributed by atoms with E-state index in [1.807, 2.05) is 89.3 Å². The number of hydrogen-bond donors (Lipinski definition) is 3. The minimum absolute atomic E-state index is 0.0761. The summed E-state index contributed by atoms with van der Waals surface area (Å²) in [4.78, 5) is 47.1. The van der Waals surface area contributed by atoms with Crippen molar-refractivity contribution in [3.63, 3.8) is 0 Å². The van der Waals surface area contributed by atoms with Crippen LogP contribution in [0.3, 0.4) is 0 Å². The Morgan fingerprint density at radius 1 is 1.11 bits per heavy atom. The summed E-state index contributed by atoms with van der Waals surface area (Å²) in [5.41, 5.74) is 1.07. The van der Waals surface area contributed by atoms with Crippen LogP contribution < -0.4 is 10.6 Å². The van der Waals surface area contributed by atoms with Crippen molar-refractivity contribution in [3.05, 3.63) is 65.2 Å². The molecule has 0 saturated carbocycles. The van der Waals surface area contributed by atoms with Crippen molar-refractivity contribution in [2.75, 3.05) is 33.9 Å². The number of amides is 2. The second kappa shape index (κ2) is 20.5. The van der Waals surface area contributed by atoms with Gasteiger partial charge in [0.25, 0.3) is 0 Å². The molecule has 348 valence electrons. The number of rotatable bonds is 9. The first-order valence-corrected chi connectivity index (χ1v) is 23.1. The molecular weight excluding hydrogens is 829 g/mol. The van der Waals surface area contributed by atoms with Gasteiger partial charge >= 0.3 is 18.2 Å². The number of aromatic nitrogens is 1. The fraction of sp³-hybridized carbons (Fsp3) is 0.660. The van der Waals surface area contributed by atoms with Gasteiger partial charge in [0, 0.05) is 41.6 Å². The molecule has 0 spiro atoms. The summed E-state index contributed by atoms with van der Waals surface area (Å²) < 4.78 is 45.0. The zero-order chi connectivity index (χ0) is 45.8. The topological polar surface area (TPSA) is 176 Å². The Morgan fingerprint density at radius 2 is 1.84 bits per heavy atom. The maximum atomic E-state index is 14.4. The van der Waals surface area contributed by atoms with Gasteiger partial charge in [-0.1, -0.05) is 64.1 Å². The number of carbonyl (C=O) groups excluding carboxylic acids is 3. The summed E-state index contributed by atoms with van der Waals surface area (Å²) in [5, 5.41) is 20.5. The minimum atomic E-state index is -1.26. The number of aliphatic hydroxyl groups excluding tert-OH is 1. The van der Waals surface area contributed by atoms with Gasteiger partial charge in [-0.15, -0.1) is 11.3 Å². The third-order valence-electron chi connectivity index (χ3n) is 13.5. The largest absolute Gasteiger partial charge is 0.458 e. The average Bonchev–Trinajstić information content (AvgIpc) is 3.90. The van der Waals surface area contributed by atoms with Crippen LogP contribution in [0.1, 0.15) is 80.2 Å². The van der Waals surface area contributed by atoms with Crippen molar-refractivity contribution in [2.24, 2.45) is 23.7 Å². The van der Waals surface area contributed by atoms with Crippen molar-refractivity contribution < 1.29 is 52.6 Å². The van der Waals surface area contributed by atoms with E-state index in [1.54, 1.807) is 31.4 Å². The summed E-state index contributed by atoms with van der Waals surface area (Å²) in [6.07, 6.45) is -0.832. The van der Waals surface area contributed by atoms with E-state index in [1.165, 1.54) is 0 Å². The first-order chi connectivity index (χ1) is 29.8. The fourth-order valence-electron chi connectivity index (χ4n) is 10.1. The zero-order valence-electron chi connectivity index (χ0n) is 38.5. The molecular formula is C47H68N4O11S. The molecule has 16 heteroatoms. The first kappa shape index (κ1) is 48.6. The number of aliphatic hydroxyl groups is 1. The lowest BCUT2D eigenvalue weighted by Crippen LogP contribution is -2.60. The summed E-state index contributed by atoms with van der Waals surface area (Å²) in [5.74, 6) is -2.53. The van der Waals surface area contributed by atoms with Crippen LogP contribution in [0.15, 0.2) is 59.6 Å². The number of hydrogen-bond acceptors (Lipinski definition) is 14. The van der Waals surface area contributed by atoms with Gasteiger partial charge in [0.15, 0.2) is 11.9 Å². The van der Waals surface area contributed by atoms with E-state index in [2.05, 4.69) is 29.1 Å². The van der Waals surface area contributed by atoms with Gasteiger partial charge in [0.05, 0.1) is 49.1 Å². The second-order valence-electron chi connectivity index (χ2n) is 18.5. The predicted octanol–water partition coefficient (Wildman–Crippen LogP) is 6.64. The lowest BCUT2D eigenvalue weighted by atomic mass is 9.71. The molecule has 15 nitrogen and oxygen atoms in total. The van der Waals surface area contributed by atoms with Crippen molar-refractivity contribution in [2.45, 2.75) is 141 Å². The van der Waals surface area contributed by atoms with Gasteiger partial charge < -0.3 is 53.8 Å². The van der Waals surface area contributed by atoms with Crippen LogP contribution in [-0.2, 0) is 44.5 Å². The van der Waals surface area contributed by atoms with Gasteiger partial charge in [0.1, 0.15) is 23.8 Å². The van der Waals surface area contributed by atoms with Crippen molar-refractivity contribution in [1.82, 2.24) is 20.5 Å². The Kier molecular flexibility index (Phi) is 15.8. The minimum Gasteiger partial charge on any atom is -0.458 e. The standard InChI is InChI=1S/C47H68N4O11S/c1-12-36-47(9)39(50-45(55)62-47)29(5)34(17-19-56-44(54)49-23-32-13-15-33(16-14-32)41-48-18-20-63-41)27(3)22-46(8)40(61-43-37(52)35(51(10)11)21-28(4)59-43)30(6)38(31(7)42(53)60-36)57-24-26(2)25-58-46/h13-18,20,27-31,35-40,43,52H,2,12,19,21-25H2,1,3-11H3,(H,49,54)(H,50,55)/b34-17+/t27-,28-,29+,30+,31-,35+,36-,37-,38?,39?,40-,43?,46-,47-/m1/s1. The molecule has 0 radical (unpaired) electrons. The molecule has 3 unspecified atom stereocenters. The number of cyclic esters (lactones) is 1. The molecule has 4 aliphatic rings. The molecule has 1 aromatic carbocycles. The third kappa shape index (κ3) is 11.0. The van der Waals surface area contributed by atoms with Crippen LogP contribution in [0.2, 0.25) is 0 Å². The number of esters is 1. The monoisotopic (exact) mass is 896 g/mol. The Balaban J connectivity index is 1.35. The third-order valence-corrected chi connectivity index (χ3v) is 14.3. The zero-order valence-corrected chi connectivity index (χ0v) is 39.3. The van der Waals surface area contributed by atoms with E-state index in [0.717, 1.165) is 21.7 Å². The van der Waals surface area contributed by atoms with E-state index in [4.69, 9.17) is 33.2 Å². The highest BCUT2D eigenvalue weighted by molar-refractivity contribution is 7.13. The van der Waals surface area contributed by atoms with Crippen LogP contribution in [0.5, 0.6) is 0 Å². The predicted molar refractivity (Wildman–Crippen MR) is 238 cm³/mol. The molecule has 1 aromatic heterocycles. The van der Waals surface area contributed by atoms with E-state index in [9.17, 15) is 19.5 Å². The number of nitrogens with zero attached hydrogens (tertiary/aromatic N) is 2. The molecule has 4 aliphatic heterocycles. The van der Waals surface area contributed by atoms with Crippen LogP contribution in [-0.4, -0.2) is 127 Å². The lowest BCUT2D eigenvalue weighted by Gasteiger charge is -2.49. The molecule has 4 saturated heterocycles. The van der Waals surface area contributed by atoms with Gasteiger partial charge in [-0.25, -0.2) is 14.6 Å². The molecule has 5 heterocycles. The number of carbonyl (C=O) groups is 3. The molecule has 0 aliphatic carbocycles. The SMILES string of the molecule is C=C1COC2[C@@H](C)C(=O)O[C@H](CC)[C@@]3(C)OC(=O)NC3[C@@H](C)/C(=C/COC(=O)NCc3ccc(-c4nccs4)cc3)[C@H](C)C[C@@](C)(OC1)[C@H](OC1O[C@H](C)C[C@H](N(C)C)[C@H]1O)[C@H]2C. The highest BCUT2D eigenvalue weighted by Gasteiger charge is 2.57. The number of ether oxygens (including phenoxy) is 7. The van der Waals surface area contributed by atoms with E-state index < -0.39 is 83.9 Å². The Bertz CT molecular complexity index is 1930. The van der Waals surface area contributed by atoms with Gasteiger partial charge in [-0.3, -0.25) is 4.79 Å². The van der Waals surface area contributed by atoms with Crippen LogP contribution in [0.4, 0.5) is 9.59 Å². The molecule has 3 N–H and O–H groups in total. The quantitative estimate of drug-likeness (QED) is 0.139. The lowest BCUT2D eigenvalue weighted by molar-refractivity contribution is -0.302. The Labute approximate surface area is 376 Å². The maximum absolute atomic E-state index is 14.4. The molecule has 6 rings (SSSR count). The summed E-state index contributed by atoms with van der Waals surface area (Å²) >= 11 is 1.56. The fourth-order valence-corrected chi connectivity index (χ4v) is 10.7. The number of benzene rings is 1. The van der Waals surface area contributed by atoms with Gasteiger partial charge in [0.2, 0.25) is 0 Å². The van der Waals surface area contributed by atoms with Crippen LogP contribution >= 0.6 is 11.3 Å². The molecule has 14 atom stereocenters. The van der Waals surface area contributed by atoms with E-state index >= 15 is 0 Å². The van der Waals surface area contributed by atoms with Crippen molar-refractivity contribution in [1.29, 1.82) is 0 Å². The Hall–Kier alpha value is -3.90. The van der Waals surface area contributed by atoms with E-state index in [-0.39, 0.29) is 44.4 Å². The van der Waals surface area contributed by atoms with Crippen molar-refractivity contribution in [3.8, 4) is 10.6 Å². The summed E-state index contributed by atoms with van der Waals surface area (Å²) in [7, 11) is 3.84. The van der Waals surface area contributed by atoms with Gasteiger partial charge in [-0.2, -0.15) is 0 Å². The van der Waals surface area contributed by atoms with E-state index in [0.29, 0.717) is 24.8 Å². The number of nitrogens with one attached hydrogen (secondary N) is 2. The molecule has 2 aromatic rings. The van der Waals surface area contributed by atoms with Gasteiger partial charge in [-0.05, 0) is 84.2 Å². The summed E-state index contributed by atoms with van der Waals surface area (Å²) in [6.45, 7) is 20.1. The average molecular weight is 897 g/mol. The highest BCUT2D eigenvalue weighted by atomic mass is 32.1. The number of fused-ring (bicyclic) bond motifs is 4. The van der Waals surface area contributed by atoms with Crippen LogP contribution in [0.25, 0.3) is 10.6 Å². The number of thiazole rings is 1. The molecule has 2 amide bonds.